The summed E-state index contributed by atoms with van der Waals surface area (Å²) in [6, 6.07) is 11.0. The number of aryl methyl sites for hydroxylation is 2. The summed E-state index contributed by atoms with van der Waals surface area (Å²) in [6.07, 6.45) is 5.94. The summed E-state index contributed by atoms with van der Waals surface area (Å²) in [5.74, 6) is -2.82. The average molecular weight is 870 g/mol. The monoisotopic (exact) mass is 869 g/mol. The second-order valence-corrected chi connectivity index (χ2v) is 18.0. The number of rotatable bonds is 8. The van der Waals surface area contributed by atoms with Crippen molar-refractivity contribution in [3.05, 3.63) is 63.7 Å². The number of aromatic nitrogens is 5. The van der Waals surface area contributed by atoms with Crippen LogP contribution in [0, 0.1) is 11.8 Å². The lowest BCUT2D eigenvalue weighted by Crippen LogP contribution is -2.53. The van der Waals surface area contributed by atoms with Crippen molar-refractivity contribution < 1.29 is 23.1 Å². The molecule has 2 aromatic carbocycles. The van der Waals surface area contributed by atoms with Gasteiger partial charge in [0.25, 0.3) is 5.56 Å². The molecule has 1 aliphatic carbocycles. The zero-order valence-corrected chi connectivity index (χ0v) is 35.7. The van der Waals surface area contributed by atoms with E-state index in [1.165, 1.54) is 4.57 Å². The van der Waals surface area contributed by atoms with Gasteiger partial charge in [0.1, 0.15) is 5.02 Å². The minimum atomic E-state index is -3.13. The predicted octanol–water partition coefficient (Wildman–Crippen LogP) is 5.78. The number of fused-ring (bicyclic) bond motifs is 4. The Morgan fingerprint density at radius 2 is 1.69 bits per heavy atom. The molecule has 1 saturated carbocycles. The van der Waals surface area contributed by atoms with Crippen molar-refractivity contribution in [2.45, 2.75) is 69.4 Å². The lowest BCUT2D eigenvalue weighted by Gasteiger charge is -2.43. The average Bonchev–Trinajstić information content (AvgIpc) is 4.08. The van der Waals surface area contributed by atoms with Crippen molar-refractivity contribution in [2.75, 3.05) is 66.3 Å². The highest BCUT2D eigenvalue weighted by molar-refractivity contribution is 6.33. The maximum Gasteiger partial charge on any atom is 0.301 e. The van der Waals surface area contributed by atoms with Crippen LogP contribution in [0.1, 0.15) is 57.1 Å². The van der Waals surface area contributed by atoms with E-state index in [4.69, 9.17) is 26.4 Å². The SMILES string of the molecule is C[C@H](C1CCN(c2ccc3c(C4CCC(=O)NC4=O)nn(C)c3c2)CC1)N1CCN(c2ncc(Cl)c(Nc3ccc4c(c3)c3c(c(=O)n4C)OCC(F)(F)[C@H](C4CC4)N3)n2)CC1. The van der Waals surface area contributed by atoms with Gasteiger partial charge in [-0.05, 0) is 87.3 Å². The second kappa shape index (κ2) is 15.7. The number of hydrogen-bond donors (Lipinski definition) is 3. The predicted molar refractivity (Wildman–Crippen MR) is 234 cm³/mol. The summed E-state index contributed by atoms with van der Waals surface area (Å²) in [5.41, 5.74) is 3.85. The first kappa shape index (κ1) is 40.5. The Kier molecular flexibility index (Phi) is 10.2. The Bertz CT molecular complexity index is 2650. The number of hydrogen-bond acceptors (Lipinski definition) is 12. The summed E-state index contributed by atoms with van der Waals surface area (Å²) in [5, 5.41) is 15.4. The van der Waals surface area contributed by atoms with Crippen LogP contribution in [0.15, 0.2) is 47.4 Å². The number of piperidine rings is 2. The maximum absolute atomic E-state index is 15.2. The van der Waals surface area contributed by atoms with Crippen molar-refractivity contribution in [3.8, 4) is 5.75 Å². The first-order valence-corrected chi connectivity index (χ1v) is 22.0. The molecule has 62 heavy (non-hydrogen) atoms. The largest absolute Gasteiger partial charge is 0.480 e. The molecule has 5 aliphatic rings. The lowest BCUT2D eigenvalue weighted by atomic mass is 9.88. The van der Waals surface area contributed by atoms with E-state index >= 15 is 8.78 Å². The number of benzene rings is 2. The minimum Gasteiger partial charge on any atom is -0.480 e. The molecule has 4 fully saturated rings. The van der Waals surface area contributed by atoms with Gasteiger partial charge in [-0.1, -0.05) is 11.6 Å². The van der Waals surface area contributed by atoms with Gasteiger partial charge in [-0.15, -0.1) is 0 Å². The van der Waals surface area contributed by atoms with E-state index in [2.05, 4.69) is 60.8 Å². The standard InChI is InChI=1S/C44H50ClF2N11O4/c1-24(25-12-14-57(15-13-25)28-7-8-29-34(21-28)55(3)53-36(29)30-9-11-35(59)50-41(30)60)56-16-18-58(19-17-56)43-48-22-32(45)40(52-43)49-27-6-10-33-31(20-27)37-38(42(61)54(33)2)62-23-44(46,47)39(51-37)26-4-5-26/h6-8,10,20-22,24-26,30,39,51H,4-5,9,11-19,23H2,1-3H3,(H,48,49,52)(H,50,59,60)/t24-,30?,39+/m1/s1. The Balaban J connectivity index is 0.776. The third kappa shape index (κ3) is 7.35. The number of nitrogens with one attached hydrogen (secondary N) is 3. The van der Waals surface area contributed by atoms with Gasteiger partial charge in [-0.25, -0.2) is 13.8 Å². The highest BCUT2D eigenvalue weighted by Crippen LogP contribution is 2.46. The van der Waals surface area contributed by atoms with Crippen LogP contribution >= 0.6 is 11.6 Å². The number of imide groups is 1. The third-order valence-corrected chi connectivity index (χ3v) is 14.1. The number of carbonyl (C=O) groups is 2. The molecule has 1 unspecified atom stereocenters. The highest BCUT2D eigenvalue weighted by atomic mass is 35.5. The number of amides is 2. The van der Waals surface area contributed by atoms with E-state index in [0.717, 1.165) is 74.4 Å². The number of piperazine rings is 1. The molecule has 3 atom stereocenters. The maximum atomic E-state index is 15.2. The summed E-state index contributed by atoms with van der Waals surface area (Å²) in [6.45, 7) is 6.63. The molecule has 0 radical (unpaired) electrons. The smallest absolute Gasteiger partial charge is 0.301 e. The quantitative estimate of drug-likeness (QED) is 0.162. The number of nitrogens with zero attached hydrogens (tertiary/aromatic N) is 8. The van der Waals surface area contributed by atoms with Crippen LogP contribution < -0.4 is 36.0 Å². The molecule has 326 valence electrons. The van der Waals surface area contributed by atoms with Crippen LogP contribution in [0.2, 0.25) is 5.02 Å². The van der Waals surface area contributed by atoms with Gasteiger partial charge in [0.2, 0.25) is 23.5 Å². The van der Waals surface area contributed by atoms with Crippen molar-refractivity contribution in [1.29, 1.82) is 0 Å². The van der Waals surface area contributed by atoms with Crippen LogP contribution in [0.4, 0.5) is 37.6 Å². The molecule has 0 spiro atoms. The summed E-state index contributed by atoms with van der Waals surface area (Å²) >= 11 is 6.64. The molecule has 3 N–H and O–H groups in total. The first-order chi connectivity index (χ1) is 29.8. The zero-order valence-electron chi connectivity index (χ0n) is 35.0. The highest BCUT2D eigenvalue weighted by Gasteiger charge is 2.51. The van der Waals surface area contributed by atoms with Crippen molar-refractivity contribution in [3.63, 3.8) is 0 Å². The fourth-order valence-corrected chi connectivity index (χ4v) is 10.1. The Hall–Kier alpha value is -5.55. The molecular weight excluding hydrogens is 820 g/mol. The van der Waals surface area contributed by atoms with E-state index in [0.29, 0.717) is 71.0 Å². The number of halogens is 3. The van der Waals surface area contributed by atoms with Crippen LogP contribution in [0.3, 0.4) is 0 Å². The van der Waals surface area contributed by atoms with Gasteiger partial charge in [-0.2, -0.15) is 10.1 Å². The third-order valence-electron chi connectivity index (χ3n) is 13.8. The number of anilines is 5. The van der Waals surface area contributed by atoms with Crippen LogP contribution in [-0.4, -0.2) is 105 Å². The molecule has 5 aromatic rings. The van der Waals surface area contributed by atoms with E-state index < -0.39 is 30.0 Å². The minimum absolute atomic E-state index is 0.107. The summed E-state index contributed by atoms with van der Waals surface area (Å²) < 4.78 is 39.1. The Morgan fingerprint density at radius 1 is 0.919 bits per heavy atom. The van der Waals surface area contributed by atoms with Gasteiger partial charge >= 0.3 is 5.92 Å². The second-order valence-electron chi connectivity index (χ2n) is 17.6. The van der Waals surface area contributed by atoms with Crippen molar-refractivity contribution >= 4 is 74.0 Å². The van der Waals surface area contributed by atoms with Gasteiger partial charge < -0.3 is 29.7 Å². The van der Waals surface area contributed by atoms with Gasteiger partial charge in [-0.3, -0.25) is 29.3 Å². The molecule has 3 aromatic heterocycles. The van der Waals surface area contributed by atoms with E-state index in [9.17, 15) is 14.4 Å². The van der Waals surface area contributed by atoms with E-state index in [1.54, 1.807) is 25.4 Å². The molecular formula is C44H50ClF2N11O4. The van der Waals surface area contributed by atoms with E-state index in [1.807, 2.05) is 17.8 Å². The molecule has 3 saturated heterocycles. The molecule has 2 amide bonds. The van der Waals surface area contributed by atoms with Crippen LogP contribution in [-0.2, 0) is 23.7 Å². The Labute approximate surface area is 361 Å². The van der Waals surface area contributed by atoms with Crippen molar-refractivity contribution in [2.24, 2.45) is 25.9 Å². The number of carbonyl (C=O) groups excluding carboxylic acids is 2. The van der Waals surface area contributed by atoms with Gasteiger partial charge in [0, 0.05) is 88.0 Å². The van der Waals surface area contributed by atoms with Gasteiger partial charge in [0.05, 0.1) is 40.6 Å². The first-order valence-electron chi connectivity index (χ1n) is 21.6. The van der Waals surface area contributed by atoms with Crippen molar-refractivity contribution in [1.82, 2.24) is 34.5 Å². The summed E-state index contributed by atoms with van der Waals surface area (Å²) in [7, 11) is 3.51. The topological polar surface area (TPSA) is 155 Å². The molecule has 4 aliphatic heterocycles. The zero-order chi connectivity index (χ0) is 43.0. The molecule has 18 heteroatoms. The van der Waals surface area contributed by atoms with Gasteiger partial charge in [0.15, 0.2) is 12.4 Å². The number of ether oxygens (including phenoxy) is 1. The molecule has 10 rings (SSSR count). The van der Waals surface area contributed by atoms with Crippen LogP contribution in [0.25, 0.3) is 21.8 Å². The fraction of sp³-hybridized carbons (Fsp3) is 0.500. The molecule has 0 bridgehead atoms. The summed E-state index contributed by atoms with van der Waals surface area (Å²) in [4.78, 5) is 54.2. The normalized spacial score (nSPS) is 22.8. The Morgan fingerprint density at radius 3 is 2.44 bits per heavy atom. The fourth-order valence-electron chi connectivity index (χ4n) is 9.97. The molecule has 7 heterocycles. The molecule has 15 nitrogen and oxygen atoms in total. The number of pyridine rings is 1. The lowest BCUT2D eigenvalue weighted by molar-refractivity contribution is -0.134. The van der Waals surface area contributed by atoms with E-state index in [-0.39, 0.29) is 29.2 Å². The van der Waals surface area contributed by atoms with Crippen LogP contribution in [0.5, 0.6) is 5.75 Å². The number of alkyl halides is 2.